The van der Waals surface area contributed by atoms with Crippen molar-refractivity contribution in [2.24, 2.45) is 0 Å². The summed E-state index contributed by atoms with van der Waals surface area (Å²) in [6, 6.07) is 0. The summed E-state index contributed by atoms with van der Waals surface area (Å²) in [5.41, 5.74) is 0. The average Bonchev–Trinajstić information content (AvgIpc) is 2.02. The van der Waals surface area contributed by atoms with E-state index in [1.54, 1.807) is 0 Å². The van der Waals surface area contributed by atoms with Crippen LogP contribution in [-0.2, 0) is 14.3 Å². The number of esters is 1. The minimum Gasteiger partial charge on any atom is -0.465 e. The maximum Gasteiger partial charge on any atom is 0.316 e. The molecule has 0 fully saturated rings. The second-order valence-corrected chi connectivity index (χ2v) is 2.65. The molecule has 1 N–H and O–H groups in total. The van der Waals surface area contributed by atoms with Crippen LogP contribution in [0, 0.1) is 10.1 Å². The second kappa shape index (κ2) is 6.03. The number of Topliss-reactive ketones (excluding diaryl/α,β-unsaturated/α-hetero) is 1. The maximum absolute atomic E-state index is 10.7. The van der Waals surface area contributed by atoms with Gasteiger partial charge in [0.25, 0.3) is 0 Å². The largest absolute Gasteiger partial charge is 0.465 e. The average molecular weight is 205 g/mol. The Hall–Kier alpha value is -1.50. The van der Waals surface area contributed by atoms with Gasteiger partial charge in [0.15, 0.2) is 0 Å². The lowest BCUT2D eigenvalue weighted by atomic mass is 10.3. The minimum atomic E-state index is -1.74. The van der Waals surface area contributed by atoms with Gasteiger partial charge >= 0.3 is 12.2 Å². The molecule has 0 bridgehead atoms. The van der Waals surface area contributed by atoms with E-state index in [9.17, 15) is 19.7 Å². The van der Waals surface area contributed by atoms with E-state index in [4.69, 9.17) is 5.11 Å². The molecule has 1 unspecified atom stereocenters. The van der Waals surface area contributed by atoms with E-state index in [1.807, 2.05) is 0 Å². The lowest BCUT2D eigenvalue weighted by molar-refractivity contribution is -0.571. The summed E-state index contributed by atoms with van der Waals surface area (Å²) >= 11 is 0. The summed E-state index contributed by atoms with van der Waals surface area (Å²) in [7, 11) is 0. The highest BCUT2D eigenvalue weighted by atomic mass is 16.7. The van der Waals surface area contributed by atoms with E-state index in [0.717, 1.165) is 0 Å². The third kappa shape index (κ3) is 6.06. The van der Waals surface area contributed by atoms with Gasteiger partial charge < -0.3 is 9.84 Å². The first-order chi connectivity index (χ1) is 6.43. The first-order valence-corrected chi connectivity index (χ1v) is 3.90. The van der Waals surface area contributed by atoms with Crippen molar-refractivity contribution in [1.29, 1.82) is 0 Å². The lowest BCUT2D eigenvalue weighted by Crippen LogP contribution is -2.21. The third-order valence-corrected chi connectivity index (χ3v) is 1.28. The number of carbonyl (C=O) groups excluding carboxylic acids is 2. The van der Waals surface area contributed by atoms with Crippen molar-refractivity contribution in [3.8, 4) is 0 Å². The van der Waals surface area contributed by atoms with Gasteiger partial charge in [-0.3, -0.25) is 19.7 Å². The highest BCUT2D eigenvalue weighted by Crippen LogP contribution is 1.95. The third-order valence-electron chi connectivity index (χ3n) is 1.28. The van der Waals surface area contributed by atoms with Gasteiger partial charge in [-0.1, -0.05) is 0 Å². The van der Waals surface area contributed by atoms with E-state index >= 15 is 0 Å². The first kappa shape index (κ1) is 12.5. The molecular weight excluding hydrogens is 194 g/mol. The fourth-order valence-corrected chi connectivity index (χ4v) is 0.638. The summed E-state index contributed by atoms with van der Waals surface area (Å²) in [4.78, 5) is 30.1. The summed E-state index contributed by atoms with van der Waals surface area (Å²) in [6.45, 7) is 0.960. The van der Waals surface area contributed by atoms with Crippen molar-refractivity contribution in [3.63, 3.8) is 0 Å². The minimum absolute atomic E-state index is 0.270. The molecule has 7 heteroatoms. The van der Waals surface area contributed by atoms with Crippen LogP contribution in [0.4, 0.5) is 0 Å². The number of nitro groups is 1. The van der Waals surface area contributed by atoms with E-state index in [1.165, 1.54) is 6.92 Å². The van der Waals surface area contributed by atoms with Crippen molar-refractivity contribution in [2.45, 2.75) is 26.0 Å². The van der Waals surface area contributed by atoms with E-state index in [2.05, 4.69) is 4.74 Å². The SMILES string of the molecule is CC(=O)CC(=O)OCCC(O)[N+](=O)[O-]. The van der Waals surface area contributed by atoms with E-state index in [-0.39, 0.29) is 25.2 Å². The van der Waals surface area contributed by atoms with Crippen LogP contribution in [0.3, 0.4) is 0 Å². The predicted molar refractivity (Wildman–Crippen MR) is 43.9 cm³/mol. The van der Waals surface area contributed by atoms with Gasteiger partial charge in [0.2, 0.25) is 0 Å². The number of hydrogen-bond donors (Lipinski definition) is 1. The van der Waals surface area contributed by atoms with Gasteiger partial charge in [-0.25, -0.2) is 0 Å². The molecule has 1 atom stereocenters. The molecule has 7 nitrogen and oxygen atoms in total. The molecule has 0 saturated heterocycles. The van der Waals surface area contributed by atoms with Gasteiger partial charge in [0.1, 0.15) is 18.8 Å². The molecule has 0 aliphatic rings. The van der Waals surface area contributed by atoms with Crippen LogP contribution in [0.15, 0.2) is 0 Å². The fraction of sp³-hybridized carbons (Fsp3) is 0.714. The Bertz CT molecular complexity index is 238. The lowest BCUT2D eigenvalue weighted by Gasteiger charge is -2.03. The van der Waals surface area contributed by atoms with Gasteiger partial charge in [-0.05, 0) is 6.92 Å². The Morgan fingerprint density at radius 2 is 2.14 bits per heavy atom. The zero-order chi connectivity index (χ0) is 11.1. The number of aliphatic hydroxyl groups is 1. The number of aliphatic hydroxyl groups excluding tert-OH is 1. The Morgan fingerprint density at radius 3 is 2.57 bits per heavy atom. The van der Waals surface area contributed by atoms with Gasteiger partial charge in [0, 0.05) is 0 Å². The number of ketones is 1. The quantitative estimate of drug-likeness (QED) is 0.206. The molecule has 0 saturated carbocycles. The molecule has 0 radical (unpaired) electrons. The van der Waals surface area contributed by atoms with Crippen molar-refractivity contribution in [2.75, 3.05) is 6.61 Å². The molecule has 14 heavy (non-hydrogen) atoms. The van der Waals surface area contributed by atoms with Gasteiger partial charge in [-0.15, -0.1) is 0 Å². The van der Waals surface area contributed by atoms with Gasteiger partial charge in [0.05, 0.1) is 11.3 Å². The molecule has 0 aromatic carbocycles. The number of nitrogens with zero attached hydrogens (tertiary/aromatic N) is 1. The molecule has 0 aromatic rings. The van der Waals surface area contributed by atoms with E-state index in [0.29, 0.717) is 0 Å². The molecule has 0 spiro atoms. The number of hydrogen-bond acceptors (Lipinski definition) is 6. The van der Waals surface area contributed by atoms with Gasteiger partial charge in [-0.2, -0.15) is 0 Å². The molecule has 0 aromatic heterocycles. The molecule has 0 rings (SSSR count). The maximum atomic E-state index is 10.7. The molecule has 80 valence electrons. The summed E-state index contributed by atoms with van der Waals surface area (Å²) < 4.78 is 4.45. The van der Waals surface area contributed by atoms with Crippen molar-refractivity contribution < 1.29 is 24.4 Å². The zero-order valence-electron chi connectivity index (χ0n) is 7.63. The highest BCUT2D eigenvalue weighted by molar-refractivity contribution is 5.94. The summed E-state index contributed by atoms with van der Waals surface area (Å²) in [5, 5.41) is 18.6. The fourth-order valence-electron chi connectivity index (χ4n) is 0.638. The number of carbonyl (C=O) groups is 2. The van der Waals surface area contributed by atoms with Crippen molar-refractivity contribution in [1.82, 2.24) is 0 Å². The Kier molecular flexibility index (Phi) is 5.38. The Morgan fingerprint density at radius 1 is 1.57 bits per heavy atom. The summed E-state index contributed by atoms with van der Waals surface area (Å²) in [5.74, 6) is -1.09. The first-order valence-electron chi connectivity index (χ1n) is 3.90. The van der Waals surface area contributed by atoms with Crippen LogP contribution in [0.1, 0.15) is 19.8 Å². The molecule has 0 amide bonds. The Labute approximate surface area is 79.8 Å². The topological polar surface area (TPSA) is 107 Å². The molecular formula is C7H11NO6. The Balaban J connectivity index is 3.59. The van der Waals surface area contributed by atoms with Crippen LogP contribution >= 0.6 is 0 Å². The molecule has 0 aliphatic carbocycles. The van der Waals surface area contributed by atoms with Crippen molar-refractivity contribution >= 4 is 11.8 Å². The molecule has 0 heterocycles. The molecule has 0 aliphatic heterocycles. The normalized spacial score (nSPS) is 11.9. The monoisotopic (exact) mass is 205 g/mol. The summed E-state index contributed by atoms with van der Waals surface area (Å²) in [6.07, 6.45) is -2.37. The van der Waals surface area contributed by atoms with Crippen LogP contribution in [0.25, 0.3) is 0 Å². The van der Waals surface area contributed by atoms with Crippen LogP contribution in [-0.4, -0.2) is 34.6 Å². The predicted octanol–water partition coefficient (Wildman–Crippen LogP) is -0.506. The van der Waals surface area contributed by atoms with Crippen molar-refractivity contribution in [3.05, 3.63) is 10.1 Å². The zero-order valence-corrected chi connectivity index (χ0v) is 7.63. The van der Waals surface area contributed by atoms with Crippen LogP contribution < -0.4 is 0 Å². The van der Waals surface area contributed by atoms with Crippen LogP contribution in [0.2, 0.25) is 0 Å². The standard InChI is InChI=1S/C7H11NO6/c1-5(9)4-7(11)14-3-2-6(10)8(12)13/h6,10H,2-4H2,1H3. The van der Waals surface area contributed by atoms with E-state index < -0.39 is 17.1 Å². The number of rotatable bonds is 6. The number of ether oxygens (including phenoxy) is 1. The second-order valence-electron chi connectivity index (χ2n) is 2.65. The highest BCUT2D eigenvalue weighted by Gasteiger charge is 2.15. The van der Waals surface area contributed by atoms with Crippen LogP contribution in [0.5, 0.6) is 0 Å². The smallest absolute Gasteiger partial charge is 0.316 e.